The second kappa shape index (κ2) is 8.61. The third-order valence-corrected chi connectivity index (χ3v) is 7.41. The fraction of sp³-hybridized carbons (Fsp3) is 0.294. The van der Waals surface area contributed by atoms with Crippen molar-refractivity contribution >= 4 is 33.2 Å². The number of rotatable bonds is 5. The third kappa shape index (κ3) is 4.92. The highest BCUT2D eigenvalue weighted by Crippen LogP contribution is 2.21. The highest BCUT2D eigenvalue weighted by Gasteiger charge is 2.29. The lowest BCUT2D eigenvalue weighted by Gasteiger charge is -2.33. The molecule has 0 radical (unpaired) electrons. The zero-order valence-corrected chi connectivity index (χ0v) is 16.1. The van der Waals surface area contributed by atoms with Gasteiger partial charge in [-0.15, -0.1) is 11.3 Å². The molecular weight excluding hydrogens is 388 g/mol. The van der Waals surface area contributed by atoms with Crippen molar-refractivity contribution in [3.63, 3.8) is 0 Å². The number of hydrazine groups is 1. The number of piperazine rings is 1. The van der Waals surface area contributed by atoms with E-state index in [1.807, 2.05) is 4.90 Å². The number of hydrogen-bond acceptors (Lipinski definition) is 6. The van der Waals surface area contributed by atoms with Gasteiger partial charge in [-0.1, -0.05) is 24.3 Å². The van der Waals surface area contributed by atoms with Gasteiger partial charge in [-0.05, 0) is 23.6 Å². The van der Waals surface area contributed by atoms with Crippen LogP contribution in [0.25, 0.3) is 0 Å². The van der Waals surface area contributed by atoms with Crippen LogP contribution in [0.3, 0.4) is 0 Å². The molecule has 2 heterocycles. The van der Waals surface area contributed by atoms with Gasteiger partial charge < -0.3 is 0 Å². The van der Waals surface area contributed by atoms with Crippen molar-refractivity contribution in [3.8, 4) is 0 Å². The normalized spacial score (nSPS) is 16.0. The maximum absolute atomic E-state index is 12.5. The summed E-state index contributed by atoms with van der Waals surface area (Å²) in [5.74, 6) is -0.746. The molecule has 27 heavy (non-hydrogen) atoms. The predicted octanol–water partition coefficient (Wildman–Crippen LogP) is 0.516. The van der Waals surface area contributed by atoms with Gasteiger partial charge in [0.1, 0.15) is 4.21 Å². The van der Waals surface area contributed by atoms with E-state index >= 15 is 0 Å². The molecule has 0 spiro atoms. The molecule has 0 aliphatic carbocycles. The molecule has 10 heteroatoms. The van der Waals surface area contributed by atoms with Crippen LogP contribution in [0.2, 0.25) is 0 Å². The van der Waals surface area contributed by atoms with Crippen molar-refractivity contribution in [3.05, 3.63) is 53.4 Å². The molecule has 0 atom stereocenters. The van der Waals surface area contributed by atoms with Gasteiger partial charge in [0, 0.05) is 31.7 Å². The first-order valence-electron chi connectivity index (χ1n) is 8.37. The molecule has 2 N–H and O–H groups in total. The molecule has 1 aliphatic heterocycles. The molecule has 1 aromatic heterocycles. The summed E-state index contributed by atoms with van der Waals surface area (Å²) in [6, 6.07) is 11.9. The molecule has 8 nitrogen and oxygen atoms in total. The van der Waals surface area contributed by atoms with Crippen molar-refractivity contribution in [2.24, 2.45) is 0 Å². The van der Waals surface area contributed by atoms with Gasteiger partial charge in [-0.3, -0.25) is 25.3 Å². The van der Waals surface area contributed by atoms with Crippen LogP contribution in [0.15, 0.2) is 52.1 Å². The van der Waals surface area contributed by atoms with Gasteiger partial charge in [0.25, 0.3) is 21.8 Å². The molecule has 2 aromatic rings. The Balaban J connectivity index is 1.44. The molecule has 1 fully saturated rings. The summed E-state index contributed by atoms with van der Waals surface area (Å²) in [5.41, 5.74) is 5.20. The Morgan fingerprint density at radius 1 is 0.963 bits per heavy atom. The number of carbonyl (C=O) groups is 2. The Bertz CT molecular complexity index is 877. The van der Waals surface area contributed by atoms with Crippen molar-refractivity contribution in [1.82, 2.24) is 20.1 Å². The zero-order valence-electron chi connectivity index (χ0n) is 14.5. The topological polar surface area (TPSA) is 98.8 Å². The van der Waals surface area contributed by atoms with Crippen molar-refractivity contribution < 1.29 is 18.0 Å². The number of hydrogen-bond donors (Lipinski definition) is 2. The number of amides is 2. The Kier molecular flexibility index (Phi) is 6.22. The number of nitrogens with zero attached hydrogens (tertiary/aromatic N) is 2. The summed E-state index contributed by atoms with van der Waals surface area (Å²) in [4.78, 5) is 25.8. The number of sulfonamides is 1. The van der Waals surface area contributed by atoms with Gasteiger partial charge >= 0.3 is 0 Å². The van der Waals surface area contributed by atoms with Crippen LogP contribution in [0.5, 0.6) is 0 Å². The lowest BCUT2D eigenvalue weighted by Crippen LogP contribution is -2.52. The van der Waals surface area contributed by atoms with E-state index in [-0.39, 0.29) is 12.5 Å². The van der Waals surface area contributed by atoms with E-state index in [9.17, 15) is 18.0 Å². The van der Waals surface area contributed by atoms with Crippen molar-refractivity contribution in [2.75, 3.05) is 32.7 Å². The van der Waals surface area contributed by atoms with Crippen molar-refractivity contribution in [1.29, 1.82) is 0 Å². The SMILES string of the molecule is O=C(CN1CCN(S(=O)(=O)c2cccs2)CC1)NNC(=O)c1ccccc1. The summed E-state index contributed by atoms with van der Waals surface area (Å²) < 4.78 is 26.7. The van der Waals surface area contributed by atoms with E-state index in [2.05, 4.69) is 10.9 Å². The van der Waals surface area contributed by atoms with Crippen LogP contribution < -0.4 is 10.9 Å². The average Bonchev–Trinajstić information content (AvgIpc) is 3.23. The number of benzene rings is 1. The van der Waals surface area contributed by atoms with Crippen LogP contribution in [0, 0.1) is 0 Å². The first kappa shape index (κ1) is 19.5. The van der Waals surface area contributed by atoms with Crippen LogP contribution in [-0.4, -0.2) is 62.2 Å². The number of nitrogens with one attached hydrogen (secondary N) is 2. The van der Waals surface area contributed by atoms with Crippen LogP contribution in [-0.2, 0) is 14.8 Å². The highest BCUT2D eigenvalue weighted by molar-refractivity contribution is 7.91. The fourth-order valence-corrected chi connectivity index (χ4v) is 5.26. The lowest BCUT2D eigenvalue weighted by atomic mass is 10.2. The Hall–Kier alpha value is -2.27. The summed E-state index contributed by atoms with van der Waals surface area (Å²) in [7, 11) is -3.46. The van der Waals surface area contributed by atoms with Crippen LogP contribution in [0.1, 0.15) is 10.4 Å². The lowest BCUT2D eigenvalue weighted by molar-refractivity contribution is -0.123. The number of thiophene rings is 1. The van der Waals surface area contributed by atoms with E-state index in [1.54, 1.807) is 47.8 Å². The van der Waals surface area contributed by atoms with E-state index < -0.39 is 15.9 Å². The first-order valence-corrected chi connectivity index (χ1v) is 10.7. The smallest absolute Gasteiger partial charge is 0.269 e. The molecular formula is C17H20N4O4S2. The van der Waals surface area contributed by atoms with E-state index in [0.717, 1.165) is 0 Å². The minimum atomic E-state index is -3.46. The molecule has 0 unspecified atom stereocenters. The van der Waals surface area contributed by atoms with Gasteiger partial charge in [0.15, 0.2) is 0 Å². The average molecular weight is 409 g/mol. The highest BCUT2D eigenvalue weighted by atomic mass is 32.2. The summed E-state index contributed by atoms with van der Waals surface area (Å²) in [6.45, 7) is 1.63. The molecule has 1 aliphatic rings. The molecule has 0 saturated carbocycles. The fourth-order valence-electron chi connectivity index (χ4n) is 2.70. The maximum Gasteiger partial charge on any atom is 0.269 e. The molecule has 144 valence electrons. The second-order valence-corrected chi connectivity index (χ2v) is 9.09. The van der Waals surface area contributed by atoms with Gasteiger partial charge in [-0.2, -0.15) is 4.31 Å². The van der Waals surface area contributed by atoms with Crippen LogP contribution >= 0.6 is 11.3 Å². The van der Waals surface area contributed by atoms with E-state index in [4.69, 9.17) is 0 Å². The minimum absolute atomic E-state index is 0.0853. The molecule has 2 amide bonds. The molecule has 1 saturated heterocycles. The standard InChI is InChI=1S/C17H20N4O4S2/c22-15(18-19-17(23)14-5-2-1-3-6-14)13-20-8-10-21(11-9-20)27(24,25)16-7-4-12-26-16/h1-7,12H,8-11,13H2,(H,18,22)(H,19,23). The Morgan fingerprint density at radius 2 is 1.67 bits per heavy atom. The summed E-state index contributed by atoms with van der Waals surface area (Å²) in [6.07, 6.45) is 0. The summed E-state index contributed by atoms with van der Waals surface area (Å²) in [5, 5.41) is 1.73. The van der Waals surface area contributed by atoms with E-state index in [0.29, 0.717) is 36.0 Å². The predicted molar refractivity (Wildman–Crippen MR) is 102 cm³/mol. The molecule has 1 aromatic carbocycles. The zero-order chi connectivity index (χ0) is 19.3. The van der Waals surface area contributed by atoms with E-state index in [1.165, 1.54) is 15.6 Å². The quantitative estimate of drug-likeness (QED) is 0.703. The molecule has 3 rings (SSSR count). The first-order chi connectivity index (χ1) is 13.0. The largest absolute Gasteiger partial charge is 0.292 e. The maximum atomic E-state index is 12.5. The van der Waals surface area contributed by atoms with Crippen molar-refractivity contribution in [2.45, 2.75) is 4.21 Å². The minimum Gasteiger partial charge on any atom is -0.292 e. The number of carbonyl (C=O) groups excluding carboxylic acids is 2. The third-order valence-electron chi connectivity index (χ3n) is 4.14. The van der Waals surface area contributed by atoms with Gasteiger partial charge in [0.2, 0.25) is 0 Å². The monoisotopic (exact) mass is 408 g/mol. The second-order valence-electron chi connectivity index (χ2n) is 5.98. The Morgan fingerprint density at radius 3 is 2.30 bits per heavy atom. The van der Waals surface area contributed by atoms with Gasteiger partial charge in [-0.25, -0.2) is 8.42 Å². The van der Waals surface area contributed by atoms with Gasteiger partial charge in [0.05, 0.1) is 6.54 Å². The summed E-state index contributed by atoms with van der Waals surface area (Å²) >= 11 is 1.19. The Labute approximate surface area is 161 Å². The molecule has 0 bridgehead atoms. The van der Waals surface area contributed by atoms with Crippen LogP contribution in [0.4, 0.5) is 0 Å².